The van der Waals surface area contributed by atoms with E-state index in [2.05, 4.69) is 15.3 Å². The molecule has 1 fully saturated rings. The van der Waals surface area contributed by atoms with Crippen LogP contribution in [0.25, 0.3) is 0 Å². The van der Waals surface area contributed by atoms with Crippen molar-refractivity contribution >= 4 is 29.7 Å². The average molecular weight is 356 g/mol. The van der Waals surface area contributed by atoms with Crippen LogP contribution in [0.4, 0.5) is 4.39 Å². The second-order valence-electron chi connectivity index (χ2n) is 5.46. The van der Waals surface area contributed by atoms with Crippen LogP contribution < -0.4 is 0 Å². The van der Waals surface area contributed by atoms with Crippen molar-refractivity contribution in [2.45, 2.75) is 13.5 Å². The van der Waals surface area contributed by atoms with E-state index in [1.807, 2.05) is 6.92 Å². The van der Waals surface area contributed by atoms with E-state index in [-0.39, 0.29) is 24.1 Å². The number of thiazole rings is 1. The predicted octanol–water partition coefficient (Wildman–Crippen LogP) is 2.97. The fourth-order valence-corrected chi connectivity index (χ4v) is 3.39. The molecule has 1 amide bonds. The van der Waals surface area contributed by atoms with E-state index in [1.165, 1.54) is 12.1 Å². The van der Waals surface area contributed by atoms with Gasteiger partial charge in [0.1, 0.15) is 10.8 Å². The first-order valence-electron chi connectivity index (χ1n) is 7.30. The van der Waals surface area contributed by atoms with E-state index in [4.69, 9.17) is 0 Å². The van der Waals surface area contributed by atoms with Gasteiger partial charge in [0.05, 0.1) is 6.54 Å². The van der Waals surface area contributed by atoms with Gasteiger partial charge >= 0.3 is 0 Å². The minimum absolute atomic E-state index is 0. The molecule has 7 heteroatoms. The van der Waals surface area contributed by atoms with Gasteiger partial charge in [0.15, 0.2) is 0 Å². The summed E-state index contributed by atoms with van der Waals surface area (Å²) in [5.74, 6) is -0.465. The minimum Gasteiger partial charge on any atom is -0.336 e. The first kappa shape index (κ1) is 17.8. The van der Waals surface area contributed by atoms with Gasteiger partial charge in [-0.3, -0.25) is 9.69 Å². The molecule has 0 bridgehead atoms. The van der Waals surface area contributed by atoms with Crippen molar-refractivity contribution in [3.8, 4) is 0 Å². The molecule has 0 spiro atoms. The van der Waals surface area contributed by atoms with Gasteiger partial charge in [-0.2, -0.15) is 0 Å². The number of carbonyl (C=O) groups excluding carboxylic acids is 1. The summed E-state index contributed by atoms with van der Waals surface area (Å²) in [6.45, 7) is 5.80. The molecule has 0 saturated carbocycles. The summed E-state index contributed by atoms with van der Waals surface area (Å²) in [5, 5.41) is 3.17. The Morgan fingerprint density at radius 1 is 1.30 bits per heavy atom. The van der Waals surface area contributed by atoms with Crippen molar-refractivity contribution in [2.75, 3.05) is 26.2 Å². The highest BCUT2D eigenvalue weighted by Gasteiger charge is 2.22. The van der Waals surface area contributed by atoms with Gasteiger partial charge in [-0.15, -0.1) is 23.7 Å². The van der Waals surface area contributed by atoms with Gasteiger partial charge in [0.2, 0.25) is 0 Å². The Balaban J connectivity index is 0.00000192. The van der Waals surface area contributed by atoms with E-state index >= 15 is 0 Å². The van der Waals surface area contributed by atoms with Crippen LogP contribution in [0.5, 0.6) is 0 Å². The summed E-state index contributed by atoms with van der Waals surface area (Å²) in [6, 6.07) is 5.89. The summed E-state index contributed by atoms with van der Waals surface area (Å²) in [6.07, 6.45) is 0. The number of amides is 1. The largest absolute Gasteiger partial charge is 0.336 e. The van der Waals surface area contributed by atoms with Gasteiger partial charge in [-0.1, -0.05) is 6.07 Å². The average Bonchev–Trinajstić information content (AvgIpc) is 2.92. The maximum atomic E-state index is 13.2. The number of rotatable bonds is 3. The monoisotopic (exact) mass is 355 g/mol. The number of halogens is 2. The van der Waals surface area contributed by atoms with Crippen LogP contribution in [-0.2, 0) is 6.54 Å². The third-order valence-electron chi connectivity index (χ3n) is 3.76. The first-order chi connectivity index (χ1) is 10.6. The van der Waals surface area contributed by atoms with E-state index in [1.54, 1.807) is 28.4 Å². The Labute approximate surface area is 145 Å². The number of benzene rings is 1. The molecule has 0 unspecified atom stereocenters. The predicted molar refractivity (Wildman–Crippen MR) is 91.7 cm³/mol. The molecule has 2 heterocycles. The molecule has 1 saturated heterocycles. The van der Waals surface area contributed by atoms with Crippen molar-refractivity contribution in [1.29, 1.82) is 0 Å². The number of nitrogens with zero attached hydrogens (tertiary/aromatic N) is 3. The second kappa shape index (κ2) is 7.86. The number of aromatic nitrogens is 1. The normalized spacial score (nSPS) is 15.3. The summed E-state index contributed by atoms with van der Waals surface area (Å²) in [5.41, 5.74) is 1.48. The van der Waals surface area contributed by atoms with Crippen LogP contribution in [0, 0.1) is 12.7 Å². The minimum atomic E-state index is -0.372. The third kappa shape index (κ3) is 4.50. The Kier molecular flexibility index (Phi) is 6.10. The van der Waals surface area contributed by atoms with Crippen molar-refractivity contribution in [3.63, 3.8) is 0 Å². The van der Waals surface area contributed by atoms with Gasteiger partial charge in [0.25, 0.3) is 5.91 Å². The Morgan fingerprint density at radius 2 is 2.04 bits per heavy atom. The zero-order chi connectivity index (χ0) is 15.5. The lowest BCUT2D eigenvalue weighted by molar-refractivity contribution is 0.0628. The fourth-order valence-electron chi connectivity index (χ4n) is 2.58. The summed E-state index contributed by atoms with van der Waals surface area (Å²) in [4.78, 5) is 20.9. The lowest BCUT2D eigenvalue weighted by Crippen LogP contribution is -2.48. The summed E-state index contributed by atoms with van der Waals surface area (Å²) >= 11 is 1.67. The van der Waals surface area contributed by atoms with Crippen LogP contribution in [-0.4, -0.2) is 46.9 Å². The Morgan fingerprint density at radius 3 is 2.65 bits per heavy atom. The van der Waals surface area contributed by atoms with Crippen molar-refractivity contribution < 1.29 is 9.18 Å². The third-order valence-corrected chi connectivity index (χ3v) is 4.71. The topological polar surface area (TPSA) is 36.4 Å². The summed E-state index contributed by atoms with van der Waals surface area (Å²) < 4.78 is 13.2. The molecular formula is C16H19ClFN3OS. The molecule has 4 nitrogen and oxygen atoms in total. The molecule has 0 atom stereocenters. The van der Waals surface area contributed by atoms with Gasteiger partial charge in [-0.05, 0) is 25.1 Å². The maximum Gasteiger partial charge on any atom is 0.254 e. The lowest BCUT2D eigenvalue weighted by Gasteiger charge is -2.34. The Hall–Kier alpha value is -1.50. The maximum absolute atomic E-state index is 13.2. The number of aryl methyl sites for hydroxylation is 1. The van der Waals surface area contributed by atoms with Crippen LogP contribution in [0.2, 0.25) is 0 Å². The zero-order valence-corrected chi connectivity index (χ0v) is 14.5. The zero-order valence-electron chi connectivity index (χ0n) is 12.9. The van der Waals surface area contributed by atoms with Crippen molar-refractivity contribution in [1.82, 2.24) is 14.8 Å². The quantitative estimate of drug-likeness (QED) is 0.849. The Bertz CT molecular complexity index is 671. The molecule has 1 aromatic heterocycles. The molecular weight excluding hydrogens is 337 g/mol. The molecule has 0 N–H and O–H groups in total. The molecule has 23 heavy (non-hydrogen) atoms. The highest BCUT2D eigenvalue weighted by molar-refractivity contribution is 7.09. The first-order valence-corrected chi connectivity index (χ1v) is 8.18. The van der Waals surface area contributed by atoms with E-state index in [9.17, 15) is 9.18 Å². The molecule has 124 valence electrons. The molecule has 1 aromatic carbocycles. The van der Waals surface area contributed by atoms with Crippen LogP contribution >= 0.6 is 23.7 Å². The standard InChI is InChI=1S/C16H18FN3OS.ClH/c1-12-11-22-15(18-12)10-19-5-7-20(8-6-19)16(21)13-3-2-4-14(17)9-13;/h2-4,9,11H,5-8,10H2,1H3;1H. The van der Waals surface area contributed by atoms with E-state index < -0.39 is 0 Å². The number of carbonyl (C=O) groups is 1. The fraction of sp³-hybridized carbons (Fsp3) is 0.375. The molecule has 1 aliphatic rings. The highest BCUT2D eigenvalue weighted by atomic mass is 35.5. The van der Waals surface area contributed by atoms with E-state index in [0.29, 0.717) is 18.7 Å². The highest BCUT2D eigenvalue weighted by Crippen LogP contribution is 2.15. The van der Waals surface area contributed by atoms with Crippen LogP contribution in [0.1, 0.15) is 21.1 Å². The molecule has 2 aromatic rings. The molecule has 1 aliphatic heterocycles. The van der Waals surface area contributed by atoms with Crippen LogP contribution in [0.15, 0.2) is 29.6 Å². The number of hydrogen-bond acceptors (Lipinski definition) is 4. The van der Waals surface area contributed by atoms with Crippen molar-refractivity contribution in [2.24, 2.45) is 0 Å². The molecule has 0 radical (unpaired) electrons. The van der Waals surface area contributed by atoms with Crippen molar-refractivity contribution in [3.05, 3.63) is 51.7 Å². The number of hydrogen-bond donors (Lipinski definition) is 0. The van der Waals surface area contributed by atoms with Crippen LogP contribution in [0.3, 0.4) is 0 Å². The molecule has 0 aliphatic carbocycles. The van der Waals surface area contributed by atoms with E-state index in [0.717, 1.165) is 30.3 Å². The smallest absolute Gasteiger partial charge is 0.254 e. The van der Waals surface area contributed by atoms with Gasteiger partial charge in [-0.25, -0.2) is 9.37 Å². The SMILES string of the molecule is Cc1csc(CN2CCN(C(=O)c3cccc(F)c3)CC2)n1.Cl. The number of piperazine rings is 1. The second-order valence-corrected chi connectivity index (χ2v) is 6.40. The van der Waals surface area contributed by atoms with Gasteiger partial charge < -0.3 is 4.90 Å². The summed E-state index contributed by atoms with van der Waals surface area (Å²) in [7, 11) is 0. The molecule has 3 rings (SSSR count). The lowest BCUT2D eigenvalue weighted by atomic mass is 10.1. The van der Waals surface area contributed by atoms with Gasteiger partial charge in [0, 0.05) is 42.8 Å².